The largest absolute Gasteiger partial charge is 0.496 e. The van der Waals surface area contributed by atoms with Gasteiger partial charge in [0.15, 0.2) is 0 Å². The molecule has 1 aliphatic rings. The molecule has 4 heteroatoms. The van der Waals surface area contributed by atoms with E-state index >= 15 is 0 Å². The predicted molar refractivity (Wildman–Crippen MR) is 91.9 cm³/mol. The molecule has 21 heavy (non-hydrogen) atoms. The zero-order chi connectivity index (χ0) is 15.5. The van der Waals surface area contributed by atoms with E-state index < -0.39 is 0 Å². The monoisotopic (exact) mass is 354 g/mol. The van der Waals surface area contributed by atoms with Gasteiger partial charge in [-0.2, -0.15) is 0 Å². The Balaban J connectivity index is 2.23. The van der Waals surface area contributed by atoms with Crippen molar-refractivity contribution in [2.24, 2.45) is 0 Å². The average Bonchev–Trinajstić information content (AvgIpc) is 2.50. The Morgan fingerprint density at radius 3 is 2.81 bits per heavy atom. The number of halogens is 1. The van der Waals surface area contributed by atoms with Crippen LogP contribution in [0.2, 0.25) is 0 Å². The molecule has 3 nitrogen and oxygen atoms in total. The zero-order valence-corrected chi connectivity index (χ0v) is 15.2. The third kappa shape index (κ3) is 3.79. The van der Waals surface area contributed by atoms with Crippen LogP contribution in [0.15, 0.2) is 22.7 Å². The second-order valence-electron chi connectivity index (χ2n) is 6.17. The summed E-state index contributed by atoms with van der Waals surface area (Å²) in [6.07, 6.45) is 2.32. The number of ether oxygens (including phenoxy) is 1. The van der Waals surface area contributed by atoms with Crippen molar-refractivity contribution in [3.05, 3.63) is 28.2 Å². The van der Waals surface area contributed by atoms with Gasteiger partial charge in [-0.15, -0.1) is 0 Å². The molecule has 1 heterocycles. The first-order valence-electron chi connectivity index (χ1n) is 7.83. The standard InChI is InChI=1S/C17H27BrN2O/c1-5-15-11-20(17(3,6-2)12-19-15)10-13-9-14(18)7-8-16(13)21-4/h7-9,15,19H,5-6,10-12H2,1-4H3. The van der Waals surface area contributed by atoms with Crippen LogP contribution in [0.4, 0.5) is 0 Å². The van der Waals surface area contributed by atoms with Gasteiger partial charge in [0, 0.05) is 41.3 Å². The fourth-order valence-electron chi connectivity index (χ4n) is 2.98. The average molecular weight is 355 g/mol. The van der Waals surface area contributed by atoms with Crippen LogP contribution in [-0.2, 0) is 6.54 Å². The molecular weight excluding hydrogens is 328 g/mol. The molecule has 0 bridgehead atoms. The number of methoxy groups -OCH3 is 1. The van der Waals surface area contributed by atoms with Gasteiger partial charge in [0.2, 0.25) is 0 Å². The highest BCUT2D eigenvalue weighted by Crippen LogP contribution is 2.30. The van der Waals surface area contributed by atoms with Crippen LogP contribution in [0, 0.1) is 0 Å². The zero-order valence-electron chi connectivity index (χ0n) is 13.6. The normalized spacial score (nSPS) is 26.8. The van der Waals surface area contributed by atoms with E-state index in [9.17, 15) is 0 Å². The topological polar surface area (TPSA) is 24.5 Å². The summed E-state index contributed by atoms with van der Waals surface area (Å²) in [7, 11) is 1.75. The van der Waals surface area contributed by atoms with Gasteiger partial charge in [0.1, 0.15) is 5.75 Å². The van der Waals surface area contributed by atoms with Crippen molar-refractivity contribution in [3.8, 4) is 5.75 Å². The summed E-state index contributed by atoms with van der Waals surface area (Å²) in [5.74, 6) is 0.975. The first kappa shape index (κ1) is 16.8. The predicted octanol–water partition coefficient (Wildman–Crippen LogP) is 3.81. The van der Waals surface area contributed by atoms with E-state index in [1.165, 1.54) is 12.0 Å². The lowest BCUT2D eigenvalue weighted by molar-refractivity contribution is 0.0402. The van der Waals surface area contributed by atoms with E-state index in [0.717, 1.165) is 36.3 Å². The number of hydrogen-bond acceptors (Lipinski definition) is 3. The SMILES string of the molecule is CCC1CN(Cc2cc(Br)ccc2OC)C(C)(CC)CN1. The van der Waals surface area contributed by atoms with E-state index in [0.29, 0.717) is 6.04 Å². The van der Waals surface area contributed by atoms with Gasteiger partial charge >= 0.3 is 0 Å². The molecule has 1 N–H and O–H groups in total. The number of nitrogens with one attached hydrogen (secondary N) is 1. The molecule has 2 atom stereocenters. The molecular formula is C17H27BrN2O. The molecule has 1 aliphatic heterocycles. The van der Waals surface area contributed by atoms with Crippen molar-refractivity contribution in [3.63, 3.8) is 0 Å². The summed E-state index contributed by atoms with van der Waals surface area (Å²) in [6, 6.07) is 6.84. The van der Waals surface area contributed by atoms with E-state index in [2.05, 4.69) is 53.0 Å². The van der Waals surface area contributed by atoms with Crippen LogP contribution in [0.25, 0.3) is 0 Å². The van der Waals surface area contributed by atoms with E-state index in [4.69, 9.17) is 4.74 Å². The molecule has 1 aromatic carbocycles. The summed E-state index contributed by atoms with van der Waals surface area (Å²) in [4.78, 5) is 2.61. The molecule has 0 spiro atoms. The lowest BCUT2D eigenvalue weighted by Gasteiger charge is -2.48. The van der Waals surface area contributed by atoms with E-state index in [1.54, 1.807) is 7.11 Å². The maximum absolute atomic E-state index is 5.53. The third-order valence-corrected chi connectivity index (χ3v) is 5.33. The smallest absolute Gasteiger partial charge is 0.123 e. The van der Waals surface area contributed by atoms with Gasteiger partial charge in [0.25, 0.3) is 0 Å². The highest BCUT2D eigenvalue weighted by atomic mass is 79.9. The second-order valence-corrected chi connectivity index (χ2v) is 7.09. The third-order valence-electron chi connectivity index (χ3n) is 4.83. The lowest BCUT2D eigenvalue weighted by atomic mass is 9.91. The van der Waals surface area contributed by atoms with Crippen molar-refractivity contribution in [1.29, 1.82) is 0 Å². The van der Waals surface area contributed by atoms with Gasteiger partial charge in [-0.1, -0.05) is 29.8 Å². The Hall–Kier alpha value is -0.580. The molecule has 0 amide bonds. The van der Waals surface area contributed by atoms with Crippen LogP contribution < -0.4 is 10.1 Å². The number of hydrogen-bond donors (Lipinski definition) is 1. The lowest BCUT2D eigenvalue weighted by Crippen LogP contribution is -2.62. The quantitative estimate of drug-likeness (QED) is 0.869. The van der Waals surface area contributed by atoms with Gasteiger partial charge in [-0.05, 0) is 38.0 Å². The van der Waals surface area contributed by atoms with Gasteiger partial charge in [0.05, 0.1) is 7.11 Å². The first-order chi connectivity index (χ1) is 10.0. The van der Waals surface area contributed by atoms with Crippen LogP contribution >= 0.6 is 15.9 Å². The van der Waals surface area contributed by atoms with Gasteiger partial charge < -0.3 is 10.1 Å². The van der Waals surface area contributed by atoms with Crippen LogP contribution in [0.3, 0.4) is 0 Å². The number of piperazine rings is 1. The molecule has 2 rings (SSSR count). The Kier molecular flexibility index (Phi) is 5.69. The summed E-state index contributed by atoms with van der Waals surface area (Å²) < 4.78 is 6.64. The summed E-state index contributed by atoms with van der Waals surface area (Å²) >= 11 is 3.58. The van der Waals surface area contributed by atoms with Crippen molar-refractivity contribution in [2.45, 2.75) is 51.7 Å². The second kappa shape index (κ2) is 7.12. The van der Waals surface area contributed by atoms with Gasteiger partial charge in [-0.3, -0.25) is 4.90 Å². The minimum absolute atomic E-state index is 0.207. The number of nitrogens with zero attached hydrogens (tertiary/aromatic N) is 1. The maximum Gasteiger partial charge on any atom is 0.123 e. The first-order valence-corrected chi connectivity index (χ1v) is 8.62. The maximum atomic E-state index is 5.53. The molecule has 1 saturated heterocycles. The molecule has 0 saturated carbocycles. The van der Waals surface area contributed by atoms with Crippen molar-refractivity contribution >= 4 is 15.9 Å². The van der Waals surface area contributed by atoms with Crippen LogP contribution in [0.5, 0.6) is 5.75 Å². The minimum Gasteiger partial charge on any atom is -0.496 e. The minimum atomic E-state index is 0.207. The molecule has 2 unspecified atom stereocenters. The Labute approximate surface area is 137 Å². The highest BCUT2D eigenvalue weighted by molar-refractivity contribution is 9.10. The molecule has 0 aromatic heterocycles. The highest BCUT2D eigenvalue weighted by Gasteiger charge is 2.36. The van der Waals surface area contributed by atoms with Crippen molar-refractivity contribution in [2.75, 3.05) is 20.2 Å². The number of rotatable bonds is 5. The number of benzene rings is 1. The van der Waals surface area contributed by atoms with Crippen molar-refractivity contribution < 1.29 is 4.74 Å². The van der Waals surface area contributed by atoms with E-state index in [-0.39, 0.29) is 5.54 Å². The summed E-state index contributed by atoms with van der Waals surface area (Å²) in [5, 5.41) is 3.68. The molecule has 1 aromatic rings. The van der Waals surface area contributed by atoms with Crippen molar-refractivity contribution in [1.82, 2.24) is 10.2 Å². The van der Waals surface area contributed by atoms with Gasteiger partial charge in [-0.25, -0.2) is 0 Å². The Morgan fingerprint density at radius 2 is 2.19 bits per heavy atom. The summed E-state index contributed by atoms with van der Waals surface area (Å²) in [5.41, 5.74) is 1.46. The summed E-state index contributed by atoms with van der Waals surface area (Å²) in [6.45, 7) is 9.97. The Bertz CT molecular complexity index is 480. The van der Waals surface area contributed by atoms with Crippen LogP contribution in [-0.4, -0.2) is 36.7 Å². The molecule has 1 fully saturated rings. The fourth-order valence-corrected chi connectivity index (χ4v) is 3.39. The van der Waals surface area contributed by atoms with Crippen LogP contribution in [0.1, 0.15) is 39.2 Å². The molecule has 118 valence electrons. The fraction of sp³-hybridized carbons (Fsp3) is 0.647. The molecule has 0 radical (unpaired) electrons. The molecule has 0 aliphatic carbocycles. The Morgan fingerprint density at radius 1 is 1.43 bits per heavy atom. The van der Waals surface area contributed by atoms with E-state index in [1.807, 2.05) is 12.1 Å².